The van der Waals surface area contributed by atoms with Crippen LogP contribution in [0.5, 0.6) is 0 Å². The van der Waals surface area contributed by atoms with E-state index in [9.17, 15) is 0 Å². The summed E-state index contributed by atoms with van der Waals surface area (Å²) in [6, 6.07) is 0.795. The summed E-state index contributed by atoms with van der Waals surface area (Å²) in [5.74, 6) is 0. The summed E-state index contributed by atoms with van der Waals surface area (Å²) in [5.41, 5.74) is 0. The van der Waals surface area contributed by atoms with Crippen LogP contribution in [0.2, 0.25) is 0 Å². The monoisotopic (exact) mass is 171 g/mol. The first-order valence-corrected chi connectivity index (χ1v) is 5.11. The maximum absolute atomic E-state index is 5.17. The summed E-state index contributed by atoms with van der Waals surface area (Å²) < 4.78 is 5.17. The van der Waals surface area contributed by atoms with Gasteiger partial charge < -0.3 is 4.74 Å². The van der Waals surface area contributed by atoms with E-state index in [1.807, 2.05) is 0 Å². The highest BCUT2D eigenvalue weighted by Crippen LogP contribution is 2.21. The predicted octanol–water partition coefficient (Wildman–Crippen LogP) is 2.24. The minimum Gasteiger partial charge on any atom is -0.369 e. The molecule has 12 heavy (non-hydrogen) atoms. The van der Waals surface area contributed by atoms with Crippen LogP contribution in [-0.4, -0.2) is 31.3 Å². The zero-order valence-corrected chi connectivity index (χ0v) is 8.38. The lowest BCUT2D eigenvalue weighted by atomic mass is 9.94. The Morgan fingerprint density at radius 1 is 1.25 bits per heavy atom. The molecule has 1 saturated carbocycles. The lowest BCUT2D eigenvalue weighted by Crippen LogP contribution is -2.37. The van der Waals surface area contributed by atoms with Crippen LogP contribution in [0.3, 0.4) is 0 Å². The maximum atomic E-state index is 5.17. The zero-order valence-electron chi connectivity index (χ0n) is 8.38. The molecule has 1 rings (SSSR count). The molecule has 0 heterocycles. The topological polar surface area (TPSA) is 12.5 Å². The third-order valence-corrected chi connectivity index (χ3v) is 2.79. The third kappa shape index (κ3) is 2.76. The highest BCUT2D eigenvalue weighted by Gasteiger charge is 2.18. The molecule has 2 nitrogen and oxygen atoms in total. The minimum atomic E-state index is 0.795. The van der Waals surface area contributed by atoms with E-state index in [-0.39, 0.29) is 0 Å². The van der Waals surface area contributed by atoms with Gasteiger partial charge in [0.1, 0.15) is 0 Å². The van der Waals surface area contributed by atoms with Crippen LogP contribution in [0.1, 0.15) is 39.0 Å². The van der Waals surface area contributed by atoms with E-state index in [0.717, 1.165) is 19.3 Å². The van der Waals surface area contributed by atoms with Crippen molar-refractivity contribution in [1.82, 2.24) is 4.90 Å². The van der Waals surface area contributed by atoms with Crippen molar-refractivity contribution in [3.63, 3.8) is 0 Å². The molecule has 1 aliphatic rings. The third-order valence-electron chi connectivity index (χ3n) is 2.79. The van der Waals surface area contributed by atoms with Gasteiger partial charge in [0.15, 0.2) is 0 Å². The molecule has 0 bridgehead atoms. The Hall–Kier alpha value is -0.0800. The van der Waals surface area contributed by atoms with Gasteiger partial charge in [-0.3, -0.25) is 4.90 Å². The quantitative estimate of drug-likeness (QED) is 0.601. The number of ether oxygens (including phenoxy) is 1. The van der Waals surface area contributed by atoms with Crippen molar-refractivity contribution in [2.45, 2.75) is 45.1 Å². The smallest absolute Gasteiger partial charge is 0.0988 e. The van der Waals surface area contributed by atoms with Crippen LogP contribution >= 0.6 is 0 Å². The van der Waals surface area contributed by atoms with Gasteiger partial charge in [-0.2, -0.15) is 0 Å². The van der Waals surface area contributed by atoms with Gasteiger partial charge in [0, 0.05) is 13.2 Å². The highest BCUT2D eigenvalue weighted by molar-refractivity contribution is 4.73. The van der Waals surface area contributed by atoms with Gasteiger partial charge >= 0.3 is 0 Å². The first-order valence-electron chi connectivity index (χ1n) is 5.11. The molecular weight excluding hydrogens is 150 g/mol. The summed E-state index contributed by atoms with van der Waals surface area (Å²) in [6.07, 6.45) is 6.99. The van der Waals surface area contributed by atoms with Gasteiger partial charge in [-0.15, -0.1) is 0 Å². The average molecular weight is 171 g/mol. The number of hydrogen-bond donors (Lipinski definition) is 0. The van der Waals surface area contributed by atoms with E-state index in [0.29, 0.717) is 0 Å². The van der Waals surface area contributed by atoms with Crippen molar-refractivity contribution in [3.8, 4) is 0 Å². The summed E-state index contributed by atoms with van der Waals surface area (Å²) in [4.78, 5) is 2.44. The fraction of sp³-hybridized carbons (Fsp3) is 1.00. The predicted molar refractivity (Wildman–Crippen MR) is 51.1 cm³/mol. The van der Waals surface area contributed by atoms with E-state index in [1.165, 1.54) is 32.1 Å². The molecule has 0 aliphatic heterocycles. The van der Waals surface area contributed by atoms with E-state index in [2.05, 4.69) is 11.8 Å². The Kier molecular flexibility index (Phi) is 4.62. The van der Waals surface area contributed by atoms with Crippen LogP contribution in [0, 0.1) is 0 Å². The fourth-order valence-corrected chi connectivity index (χ4v) is 2.07. The number of nitrogens with zero attached hydrogens (tertiary/aromatic N) is 1. The van der Waals surface area contributed by atoms with Crippen LogP contribution in [-0.2, 0) is 4.74 Å². The SMILES string of the molecule is CCN(COC)C1CCCCC1. The molecule has 0 radical (unpaired) electrons. The lowest BCUT2D eigenvalue weighted by molar-refractivity contribution is 0.0253. The molecule has 0 aromatic carbocycles. The molecule has 2 heteroatoms. The molecule has 72 valence electrons. The van der Waals surface area contributed by atoms with Gasteiger partial charge in [-0.25, -0.2) is 0 Å². The summed E-state index contributed by atoms with van der Waals surface area (Å²) in [6.45, 7) is 4.15. The Balaban J connectivity index is 2.29. The Morgan fingerprint density at radius 3 is 2.42 bits per heavy atom. The van der Waals surface area contributed by atoms with E-state index >= 15 is 0 Å². The van der Waals surface area contributed by atoms with Gasteiger partial charge in [0.25, 0.3) is 0 Å². The standard InChI is InChI=1S/C10H21NO/c1-3-11(9-12-2)10-7-5-4-6-8-10/h10H,3-9H2,1-2H3. The zero-order chi connectivity index (χ0) is 8.81. The van der Waals surface area contributed by atoms with Gasteiger partial charge in [-0.1, -0.05) is 26.2 Å². The molecule has 1 aliphatic carbocycles. The van der Waals surface area contributed by atoms with Gasteiger partial charge in [0.2, 0.25) is 0 Å². The minimum absolute atomic E-state index is 0.795. The Labute approximate surface area is 75.9 Å². The molecule has 1 fully saturated rings. The molecule has 0 unspecified atom stereocenters. The molecule has 0 aromatic rings. The van der Waals surface area contributed by atoms with Crippen molar-refractivity contribution in [2.75, 3.05) is 20.4 Å². The summed E-state index contributed by atoms with van der Waals surface area (Å²) >= 11 is 0. The van der Waals surface area contributed by atoms with Crippen LogP contribution < -0.4 is 0 Å². The van der Waals surface area contributed by atoms with Crippen molar-refractivity contribution in [3.05, 3.63) is 0 Å². The van der Waals surface area contributed by atoms with Crippen molar-refractivity contribution >= 4 is 0 Å². The second-order valence-corrected chi connectivity index (χ2v) is 3.61. The van der Waals surface area contributed by atoms with Crippen molar-refractivity contribution in [2.24, 2.45) is 0 Å². The van der Waals surface area contributed by atoms with Crippen LogP contribution in [0.15, 0.2) is 0 Å². The molecule has 0 N–H and O–H groups in total. The largest absolute Gasteiger partial charge is 0.369 e. The Morgan fingerprint density at radius 2 is 1.92 bits per heavy atom. The second-order valence-electron chi connectivity index (χ2n) is 3.61. The summed E-state index contributed by atoms with van der Waals surface area (Å²) in [7, 11) is 1.78. The van der Waals surface area contributed by atoms with Gasteiger partial charge in [0.05, 0.1) is 6.73 Å². The highest BCUT2D eigenvalue weighted by atomic mass is 16.5. The van der Waals surface area contributed by atoms with E-state index < -0.39 is 0 Å². The van der Waals surface area contributed by atoms with E-state index in [1.54, 1.807) is 7.11 Å². The lowest BCUT2D eigenvalue weighted by Gasteiger charge is -2.32. The van der Waals surface area contributed by atoms with E-state index in [4.69, 9.17) is 4.74 Å². The number of methoxy groups -OCH3 is 1. The first kappa shape index (κ1) is 10.0. The average Bonchev–Trinajstić information content (AvgIpc) is 2.15. The molecule has 0 spiro atoms. The molecule has 0 saturated heterocycles. The fourth-order valence-electron chi connectivity index (χ4n) is 2.07. The van der Waals surface area contributed by atoms with Crippen LogP contribution in [0.25, 0.3) is 0 Å². The first-order chi connectivity index (χ1) is 5.88. The molecular formula is C10H21NO. The summed E-state index contributed by atoms with van der Waals surface area (Å²) in [5, 5.41) is 0. The number of rotatable bonds is 4. The number of hydrogen-bond acceptors (Lipinski definition) is 2. The molecule has 0 aromatic heterocycles. The van der Waals surface area contributed by atoms with Crippen molar-refractivity contribution < 1.29 is 4.74 Å². The molecule has 0 amide bonds. The second kappa shape index (κ2) is 5.55. The maximum Gasteiger partial charge on any atom is 0.0988 e. The molecule has 0 atom stereocenters. The Bertz CT molecular complexity index is 108. The van der Waals surface area contributed by atoms with Crippen molar-refractivity contribution in [1.29, 1.82) is 0 Å². The normalized spacial score (nSPS) is 20.2. The van der Waals surface area contributed by atoms with Crippen LogP contribution in [0.4, 0.5) is 0 Å². The van der Waals surface area contributed by atoms with Gasteiger partial charge in [-0.05, 0) is 19.4 Å².